The lowest BCUT2D eigenvalue weighted by atomic mass is 10.1. The normalized spacial score (nSPS) is 14.7. The first-order valence-corrected chi connectivity index (χ1v) is 8.75. The summed E-state index contributed by atoms with van der Waals surface area (Å²) in [5.41, 5.74) is 1.61. The third-order valence-electron chi connectivity index (χ3n) is 3.80. The summed E-state index contributed by atoms with van der Waals surface area (Å²) in [6, 6.07) is 7.45. The van der Waals surface area contributed by atoms with E-state index >= 15 is 0 Å². The number of fused-ring (bicyclic) bond motifs is 1. The Kier molecular flexibility index (Phi) is 3.71. The number of anilines is 1. The molecule has 0 fully saturated rings. The Morgan fingerprint density at radius 2 is 2.10 bits per heavy atom. The Morgan fingerprint density at radius 1 is 1.29 bits per heavy atom. The average molecular weight is 305 g/mol. The number of aryl methyl sites for hydroxylation is 3. The van der Waals surface area contributed by atoms with Gasteiger partial charge in [-0.15, -0.1) is 0 Å². The van der Waals surface area contributed by atoms with Crippen LogP contribution in [0, 0.1) is 0 Å². The SMILES string of the molecule is CCc1ccccc1NS(=O)(=O)c1cn2c(n1)CCCC2. The molecule has 1 N–H and O–H groups in total. The molecule has 0 spiro atoms. The summed E-state index contributed by atoms with van der Waals surface area (Å²) in [5, 5.41) is 0.116. The molecule has 1 aromatic heterocycles. The standard InChI is InChI=1S/C15H19N3O2S/c1-2-12-7-3-4-8-13(12)17-21(19,20)15-11-18-10-6-5-9-14(18)16-15/h3-4,7-8,11,17H,2,5-6,9-10H2,1H3. The zero-order valence-corrected chi connectivity index (χ0v) is 12.9. The summed E-state index contributed by atoms with van der Waals surface area (Å²) >= 11 is 0. The van der Waals surface area contributed by atoms with Gasteiger partial charge in [-0.1, -0.05) is 25.1 Å². The van der Waals surface area contributed by atoms with E-state index in [0.717, 1.165) is 43.6 Å². The number of aromatic nitrogens is 2. The van der Waals surface area contributed by atoms with E-state index in [1.54, 1.807) is 12.3 Å². The van der Waals surface area contributed by atoms with Gasteiger partial charge in [0.2, 0.25) is 0 Å². The monoisotopic (exact) mass is 305 g/mol. The second-order valence-corrected chi connectivity index (χ2v) is 6.89. The predicted octanol–water partition coefficient (Wildman–Crippen LogP) is 2.58. The van der Waals surface area contributed by atoms with Gasteiger partial charge in [0, 0.05) is 19.2 Å². The Hall–Kier alpha value is -1.82. The fourth-order valence-electron chi connectivity index (χ4n) is 2.64. The molecule has 112 valence electrons. The van der Waals surface area contributed by atoms with Crippen LogP contribution >= 0.6 is 0 Å². The summed E-state index contributed by atoms with van der Waals surface area (Å²) in [6.07, 6.45) is 5.42. The molecule has 2 heterocycles. The molecule has 1 aromatic carbocycles. The molecule has 0 amide bonds. The van der Waals surface area contributed by atoms with Gasteiger partial charge < -0.3 is 4.57 Å². The minimum Gasteiger partial charge on any atom is -0.333 e. The van der Waals surface area contributed by atoms with Gasteiger partial charge in [0.1, 0.15) is 5.82 Å². The number of hydrogen-bond acceptors (Lipinski definition) is 3. The Bertz CT molecular complexity index is 727. The van der Waals surface area contributed by atoms with Gasteiger partial charge in [0.25, 0.3) is 10.0 Å². The molecule has 1 aliphatic rings. The van der Waals surface area contributed by atoms with E-state index in [2.05, 4.69) is 9.71 Å². The van der Waals surface area contributed by atoms with Crippen molar-refractivity contribution in [3.05, 3.63) is 41.9 Å². The maximum Gasteiger partial charge on any atom is 0.280 e. The Labute approximate surface area is 125 Å². The second kappa shape index (κ2) is 5.52. The first kappa shape index (κ1) is 14.1. The molecule has 5 nitrogen and oxygen atoms in total. The quantitative estimate of drug-likeness (QED) is 0.944. The number of benzene rings is 1. The third-order valence-corrected chi connectivity index (χ3v) is 5.04. The van der Waals surface area contributed by atoms with E-state index in [9.17, 15) is 8.42 Å². The minimum atomic E-state index is -3.62. The molecular weight excluding hydrogens is 286 g/mol. The molecule has 0 unspecified atom stereocenters. The molecule has 1 aliphatic heterocycles. The van der Waals surface area contributed by atoms with E-state index in [1.165, 1.54) is 0 Å². The first-order chi connectivity index (χ1) is 10.1. The summed E-state index contributed by atoms with van der Waals surface area (Å²) < 4.78 is 29.6. The fourth-order valence-corrected chi connectivity index (χ4v) is 3.73. The van der Waals surface area contributed by atoms with Crippen molar-refractivity contribution in [2.75, 3.05) is 4.72 Å². The van der Waals surface area contributed by atoms with Gasteiger partial charge in [-0.2, -0.15) is 8.42 Å². The van der Waals surface area contributed by atoms with Crippen LogP contribution in [0.2, 0.25) is 0 Å². The molecule has 0 aliphatic carbocycles. The molecular formula is C15H19N3O2S. The van der Waals surface area contributed by atoms with Crippen LogP contribution in [0.3, 0.4) is 0 Å². The Morgan fingerprint density at radius 3 is 2.86 bits per heavy atom. The molecule has 0 saturated heterocycles. The lowest BCUT2D eigenvalue weighted by Gasteiger charge is -2.11. The summed E-state index contributed by atoms with van der Waals surface area (Å²) in [7, 11) is -3.62. The van der Waals surface area contributed by atoms with Crippen LogP contribution in [-0.2, 0) is 29.4 Å². The van der Waals surface area contributed by atoms with E-state index in [0.29, 0.717) is 5.69 Å². The van der Waals surface area contributed by atoms with E-state index < -0.39 is 10.0 Å². The van der Waals surface area contributed by atoms with Gasteiger partial charge in [-0.25, -0.2) is 4.98 Å². The number of hydrogen-bond donors (Lipinski definition) is 1. The minimum absolute atomic E-state index is 0.116. The highest BCUT2D eigenvalue weighted by Gasteiger charge is 2.22. The fraction of sp³-hybridized carbons (Fsp3) is 0.400. The molecule has 6 heteroatoms. The van der Waals surface area contributed by atoms with Crippen molar-refractivity contribution in [2.24, 2.45) is 0 Å². The van der Waals surface area contributed by atoms with Crippen LogP contribution in [-0.4, -0.2) is 18.0 Å². The molecule has 0 saturated carbocycles. The summed E-state index contributed by atoms with van der Waals surface area (Å²) in [5.74, 6) is 0.866. The number of rotatable bonds is 4. The van der Waals surface area contributed by atoms with E-state index in [4.69, 9.17) is 0 Å². The van der Waals surface area contributed by atoms with Crippen molar-refractivity contribution < 1.29 is 8.42 Å². The second-order valence-electron chi connectivity index (χ2n) is 5.26. The molecule has 0 radical (unpaired) electrons. The lowest BCUT2D eigenvalue weighted by molar-refractivity contribution is 0.522. The van der Waals surface area contributed by atoms with Crippen LogP contribution in [0.1, 0.15) is 31.2 Å². The maximum absolute atomic E-state index is 12.5. The van der Waals surface area contributed by atoms with E-state index in [-0.39, 0.29) is 5.03 Å². The Balaban J connectivity index is 1.92. The lowest BCUT2D eigenvalue weighted by Crippen LogP contribution is -2.14. The number of nitrogens with zero attached hydrogens (tertiary/aromatic N) is 2. The number of para-hydroxylation sites is 1. The molecule has 2 aromatic rings. The summed E-state index contributed by atoms with van der Waals surface area (Å²) in [4.78, 5) is 4.29. The van der Waals surface area contributed by atoms with Crippen molar-refractivity contribution in [1.29, 1.82) is 0 Å². The van der Waals surface area contributed by atoms with Gasteiger partial charge in [-0.3, -0.25) is 4.72 Å². The largest absolute Gasteiger partial charge is 0.333 e. The smallest absolute Gasteiger partial charge is 0.280 e. The van der Waals surface area contributed by atoms with Crippen molar-refractivity contribution in [3.8, 4) is 0 Å². The van der Waals surface area contributed by atoms with Gasteiger partial charge >= 0.3 is 0 Å². The van der Waals surface area contributed by atoms with Crippen molar-refractivity contribution in [3.63, 3.8) is 0 Å². The van der Waals surface area contributed by atoms with Gasteiger partial charge in [0.05, 0.1) is 5.69 Å². The van der Waals surface area contributed by atoms with Crippen molar-refractivity contribution in [2.45, 2.75) is 44.2 Å². The van der Waals surface area contributed by atoms with Gasteiger partial charge in [-0.05, 0) is 30.9 Å². The van der Waals surface area contributed by atoms with Crippen LogP contribution in [0.5, 0.6) is 0 Å². The predicted molar refractivity (Wildman–Crippen MR) is 81.8 cm³/mol. The highest BCUT2D eigenvalue weighted by atomic mass is 32.2. The number of imidazole rings is 1. The topological polar surface area (TPSA) is 64.0 Å². The van der Waals surface area contributed by atoms with Crippen LogP contribution in [0.4, 0.5) is 5.69 Å². The zero-order chi connectivity index (χ0) is 14.9. The first-order valence-electron chi connectivity index (χ1n) is 7.27. The van der Waals surface area contributed by atoms with Crippen LogP contribution in [0.25, 0.3) is 0 Å². The zero-order valence-electron chi connectivity index (χ0n) is 12.0. The van der Waals surface area contributed by atoms with Gasteiger partial charge in [0.15, 0.2) is 5.03 Å². The van der Waals surface area contributed by atoms with Crippen LogP contribution < -0.4 is 4.72 Å². The third kappa shape index (κ3) is 2.81. The van der Waals surface area contributed by atoms with Crippen molar-refractivity contribution in [1.82, 2.24) is 9.55 Å². The van der Waals surface area contributed by atoms with Crippen LogP contribution in [0.15, 0.2) is 35.5 Å². The number of nitrogens with one attached hydrogen (secondary N) is 1. The molecule has 0 atom stereocenters. The van der Waals surface area contributed by atoms with Crippen molar-refractivity contribution >= 4 is 15.7 Å². The van der Waals surface area contributed by atoms with E-state index in [1.807, 2.05) is 29.7 Å². The highest BCUT2D eigenvalue weighted by Crippen LogP contribution is 2.22. The highest BCUT2D eigenvalue weighted by molar-refractivity contribution is 7.92. The number of sulfonamides is 1. The molecule has 3 rings (SSSR count). The summed E-state index contributed by atoms with van der Waals surface area (Å²) in [6.45, 7) is 2.85. The molecule has 0 bridgehead atoms. The maximum atomic E-state index is 12.5. The molecule has 21 heavy (non-hydrogen) atoms. The average Bonchev–Trinajstić information content (AvgIpc) is 2.92.